The molecular formula is C17H19N3O. The van der Waals surface area contributed by atoms with Gasteiger partial charge in [0.2, 0.25) is 0 Å². The summed E-state index contributed by atoms with van der Waals surface area (Å²) in [6.45, 7) is 3.52. The van der Waals surface area contributed by atoms with Crippen LogP contribution in [0.1, 0.15) is 34.3 Å². The zero-order valence-electron chi connectivity index (χ0n) is 12.1. The van der Waals surface area contributed by atoms with E-state index in [4.69, 9.17) is 0 Å². The molecule has 3 rings (SSSR count). The third-order valence-corrected chi connectivity index (χ3v) is 3.85. The number of rotatable bonds is 5. The standard InChI is InChI=1S/C17H19N3O/c1-2-18-16-8-7-13(10-19-16)17(21)20-11-14-9-12-5-3-4-6-15(12)14/h3-8,10,14H,2,9,11H2,1H3,(H,18,19)(H,20,21). The lowest BCUT2D eigenvalue weighted by molar-refractivity contribution is 0.0949. The molecule has 4 heteroatoms. The Labute approximate surface area is 124 Å². The molecule has 1 aromatic carbocycles. The van der Waals surface area contributed by atoms with E-state index in [1.807, 2.05) is 13.0 Å². The Bertz CT molecular complexity index is 637. The van der Waals surface area contributed by atoms with Gasteiger partial charge >= 0.3 is 0 Å². The molecule has 1 aromatic heterocycles. The predicted molar refractivity (Wildman–Crippen MR) is 83.6 cm³/mol. The van der Waals surface area contributed by atoms with E-state index in [1.165, 1.54) is 11.1 Å². The molecule has 1 atom stereocenters. The van der Waals surface area contributed by atoms with Gasteiger partial charge in [-0.05, 0) is 36.6 Å². The van der Waals surface area contributed by atoms with Gasteiger partial charge < -0.3 is 10.6 Å². The van der Waals surface area contributed by atoms with Gasteiger partial charge in [0.25, 0.3) is 5.91 Å². The molecule has 0 radical (unpaired) electrons. The highest BCUT2D eigenvalue weighted by Gasteiger charge is 2.25. The zero-order chi connectivity index (χ0) is 14.7. The summed E-state index contributed by atoms with van der Waals surface area (Å²) in [4.78, 5) is 16.3. The van der Waals surface area contributed by atoms with Crippen LogP contribution in [0.5, 0.6) is 0 Å². The third-order valence-electron chi connectivity index (χ3n) is 3.85. The minimum atomic E-state index is -0.0603. The average molecular weight is 281 g/mol. The molecular weight excluding hydrogens is 262 g/mol. The van der Waals surface area contributed by atoms with Crippen molar-refractivity contribution in [1.82, 2.24) is 10.3 Å². The number of carbonyl (C=O) groups is 1. The van der Waals surface area contributed by atoms with Gasteiger partial charge in [-0.3, -0.25) is 4.79 Å². The lowest BCUT2D eigenvalue weighted by atomic mass is 9.77. The van der Waals surface area contributed by atoms with Crippen LogP contribution in [0.25, 0.3) is 0 Å². The number of fused-ring (bicyclic) bond motifs is 1. The van der Waals surface area contributed by atoms with Crippen molar-refractivity contribution in [2.45, 2.75) is 19.3 Å². The summed E-state index contributed by atoms with van der Waals surface area (Å²) in [5, 5.41) is 6.10. The number of nitrogens with one attached hydrogen (secondary N) is 2. The van der Waals surface area contributed by atoms with E-state index >= 15 is 0 Å². The van der Waals surface area contributed by atoms with E-state index in [9.17, 15) is 4.79 Å². The Hall–Kier alpha value is -2.36. The van der Waals surface area contributed by atoms with E-state index in [0.29, 0.717) is 18.0 Å². The maximum atomic E-state index is 12.1. The van der Waals surface area contributed by atoms with Crippen molar-refractivity contribution in [1.29, 1.82) is 0 Å². The van der Waals surface area contributed by atoms with Gasteiger partial charge in [-0.25, -0.2) is 4.98 Å². The van der Waals surface area contributed by atoms with Crippen molar-refractivity contribution in [3.63, 3.8) is 0 Å². The monoisotopic (exact) mass is 281 g/mol. The zero-order valence-corrected chi connectivity index (χ0v) is 12.1. The number of aromatic nitrogens is 1. The molecule has 0 saturated carbocycles. The summed E-state index contributed by atoms with van der Waals surface area (Å²) in [6.07, 6.45) is 2.66. The maximum absolute atomic E-state index is 12.1. The molecule has 0 saturated heterocycles. The largest absolute Gasteiger partial charge is 0.370 e. The molecule has 1 heterocycles. The summed E-state index contributed by atoms with van der Waals surface area (Å²) in [5.41, 5.74) is 3.36. The van der Waals surface area contributed by atoms with Crippen molar-refractivity contribution in [2.24, 2.45) is 0 Å². The van der Waals surface area contributed by atoms with E-state index in [2.05, 4.69) is 39.9 Å². The molecule has 0 bridgehead atoms. The smallest absolute Gasteiger partial charge is 0.252 e. The van der Waals surface area contributed by atoms with E-state index in [0.717, 1.165) is 18.8 Å². The molecule has 1 aliphatic carbocycles. The van der Waals surface area contributed by atoms with Gasteiger partial charge in [-0.15, -0.1) is 0 Å². The van der Waals surface area contributed by atoms with Gasteiger partial charge in [0, 0.05) is 25.2 Å². The number of benzene rings is 1. The summed E-state index contributed by atoms with van der Waals surface area (Å²) in [5.74, 6) is 1.18. The first-order valence-corrected chi connectivity index (χ1v) is 7.34. The van der Waals surface area contributed by atoms with Crippen molar-refractivity contribution in [3.8, 4) is 0 Å². The molecule has 1 unspecified atom stereocenters. The Morgan fingerprint density at radius 2 is 2.14 bits per heavy atom. The van der Waals surface area contributed by atoms with Gasteiger partial charge in [-0.2, -0.15) is 0 Å². The molecule has 0 aliphatic heterocycles. The first-order chi connectivity index (χ1) is 10.3. The van der Waals surface area contributed by atoms with Crippen LogP contribution in [-0.2, 0) is 6.42 Å². The number of hydrogen-bond donors (Lipinski definition) is 2. The fourth-order valence-electron chi connectivity index (χ4n) is 2.68. The van der Waals surface area contributed by atoms with Crippen LogP contribution in [0.15, 0.2) is 42.6 Å². The number of amides is 1. The third kappa shape index (κ3) is 2.89. The number of pyridine rings is 1. The molecule has 1 amide bonds. The van der Waals surface area contributed by atoms with Crippen LogP contribution in [0.4, 0.5) is 5.82 Å². The van der Waals surface area contributed by atoms with Crippen LogP contribution in [-0.4, -0.2) is 24.0 Å². The summed E-state index contributed by atoms with van der Waals surface area (Å²) < 4.78 is 0. The normalized spacial score (nSPS) is 15.8. The highest BCUT2D eigenvalue weighted by atomic mass is 16.1. The Balaban J connectivity index is 1.55. The van der Waals surface area contributed by atoms with Gasteiger partial charge in [0.15, 0.2) is 0 Å². The van der Waals surface area contributed by atoms with Crippen molar-refractivity contribution < 1.29 is 4.79 Å². The van der Waals surface area contributed by atoms with Crippen LogP contribution < -0.4 is 10.6 Å². The van der Waals surface area contributed by atoms with E-state index < -0.39 is 0 Å². The fraction of sp³-hybridized carbons (Fsp3) is 0.294. The summed E-state index contributed by atoms with van der Waals surface area (Å²) in [6, 6.07) is 12.0. The minimum Gasteiger partial charge on any atom is -0.370 e. The maximum Gasteiger partial charge on any atom is 0.252 e. The highest BCUT2D eigenvalue weighted by Crippen LogP contribution is 2.33. The molecule has 1 aliphatic rings. The average Bonchev–Trinajstić information content (AvgIpc) is 2.49. The second kappa shape index (κ2) is 5.95. The lowest BCUT2D eigenvalue weighted by Crippen LogP contribution is -2.33. The molecule has 0 fully saturated rings. The number of hydrogen-bond acceptors (Lipinski definition) is 3. The quantitative estimate of drug-likeness (QED) is 0.885. The number of anilines is 1. The van der Waals surface area contributed by atoms with Crippen LogP contribution >= 0.6 is 0 Å². The van der Waals surface area contributed by atoms with Crippen LogP contribution in [0, 0.1) is 0 Å². The molecule has 4 nitrogen and oxygen atoms in total. The predicted octanol–water partition coefficient (Wildman–Crippen LogP) is 2.58. The van der Waals surface area contributed by atoms with Crippen LogP contribution in [0.3, 0.4) is 0 Å². The first-order valence-electron chi connectivity index (χ1n) is 7.34. The molecule has 2 N–H and O–H groups in total. The molecule has 0 spiro atoms. The van der Waals surface area contributed by atoms with Crippen molar-refractivity contribution in [3.05, 3.63) is 59.3 Å². The highest BCUT2D eigenvalue weighted by molar-refractivity contribution is 5.94. The number of nitrogens with zero attached hydrogens (tertiary/aromatic N) is 1. The Morgan fingerprint density at radius 1 is 1.29 bits per heavy atom. The lowest BCUT2D eigenvalue weighted by Gasteiger charge is -2.30. The van der Waals surface area contributed by atoms with Crippen molar-refractivity contribution in [2.75, 3.05) is 18.4 Å². The van der Waals surface area contributed by atoms with Crippen LogP contribution in [0.2, 0.25) is 0 Å². The number of carbonyl (C=O) groups excluding carboxylic acids is 1. The minimum absolute atomic E-state index is 0.0603. The first kappa shape index (κ1) is 13.6. The SMILES string of the molecule is CCNc1ccc(C(=O)NCC2Cc3ccccc32)cn1. The second-order valence-corrected chi connectivity index (χ2v) is 5.27. The summed E-state index contributed by atoms with van der Waals surface area (Å²) in [7, 11) is 0. The molecule has 108 valence electrons. The molecule has 21 heavy (non-hydrogen) atoms. The fourth-order valence-corrected chi connectivity index (χ4v) is 2.68. The second-order valence-electron chi connectivity index (χ2n) is 5.27. The Morgan fingerprint density at radius 3 is 2.86 bits per heavy atom. The van der Waals surface area contributed by atoms with E-state index in [-0.39, 0.29) is 5.91 Å². The van der Waals surface area contributed by atoms with Gasteiger partial charge in [0.1, 0.15) is 5.82 Å². The topological polar surface area (TPSA) is 54.0 Å². The Kier molecular flexibility index (Phi) is 3.86. The molecule has 2 aromatic rings. The summed E-state index contributed by atoms with van der Waals surface area (Å²) >= 11 is 0. The van der Waals surface area contributed by atoms with E-state index in [1.54, 1.807) is 12.3 Å². The van der Waals surface area contributed by atoms with Gasteiger partial charge in [0.05, 0.1) is 5.56 Å². The van der Waals surface area contributed by atoms with Gasteiger partial charge in [-0.1, -0.05) is 24.3 Å². The van der Waals surface area contributed by atoms with Crippen molar-refractivity contribution >= 4 is 11.7 Å².